The molecule has 0 aromatic carbocycles. The van der Waals surface area contributed by atoms with E-state index in [0.29, 0.717) is 6.54 Å². The van der Waals surface area contributed by atoms with E-state index in [-0.39, 0.29) is 13.2 Å². The summed E-state index contributed by atoms with van der Waals surface area (Å²) < 4.78 is 4.58. The van der Waals surface area contributed by atoms with Crippen molar-refractivity contribution in [3.05, 3.63) is 0 Å². The summed E-state index contributed by atoms with van der Waals surface area (Å²) in [4.78, 5) is 23.5. The lowest BCUT2D eigenvalue weighted by Gasteiger charge is -2.14. The number of amides is 2. The normalized spacial score (nSPS) is 15.9. The van der Waals surface area contributed by atoms with E-state index in [1.807, 2.05) is 0 Å². The molecule has 0 atom stereocenters. The van der Waals surface area contributed by atoms with E-state index in [9.17, 15) is 9.59 Å². The van der Waals surface area contributed by atoms with Gasteiger partial charge in [0.25, 0.3) is 0 Å². The zero-order chi connectivity index (χ0) is 12.1. The number of oxime groups is 1. The van der Waals surface area contributed by atoms with Gasteiger partial charge in [0, 0.05) is 13.1 Å². The van der Waals surface area contributed by atoms with Crippen molar-refractivity contribution in [2.24, 2.45) is 5.16 Å². The molecule has 88 valence electrons. The highest BCUT2D eigenvalue weighted by Crippen LogP contribution is 2.01. The van der Waals surface area contributed by atoms with Crippen LogP contribution in [0.2, 0.25) is 0 Å². The number of carbonyl (C=O) groups is 2. The lowest BCUT2D eigenvalue weighted by Crippen LogP contribution is -2.42. The highest BCUT2D eigenvalue weighted by molar-refractivity contribution is 6.65. The van der Waals surface area contributed by atoms with Crippen LogP contribution in [0.15, 0.2) is 5.16 Å². The first kappa shape index (κ1) is 12.0. The lowest BCUT2D eigenvalue weighted by molar-refractivity contribution is -0.134. The van der Waals surface area contributed by atoms with Gasteiger partial charge in [-0.2, -0.15) is 0 Å². The van der Waals surface area contributed by atoms with Crippen LogP contribution in [-0.2, 0) is 9.53 Å². The van der Waals surface area contributed by atoms with Crippen LogP contribution in [0.5, 0.6) is 0 Å². The predicted octanol–water partition coefficient (Wildman–Crippen LogP) is -0.618. The second kappa shape index (κ2) is 5.10. The number of rotatable bonds is 3. The van der Waals surface area contributed by atoms with Crippen molar-refractivity contribution in [2.75, 3.05) is 19.7 Å². The Morgan fingerprint density at radius 1 is 1.75 bits per heavy atom. The van der Waals surface area contributed by atoms with Gasteiger partial charge in [-0.25, -0.2) is 9.59 Å². The number of ether oxygens (including phenoxy) is 1. The first-order valence-corrected chi connectivity index (χ1v) is 4.65. The molecule has 0 saturated carbocycles. The molecule has 1 rings (SSSR count). The Labute approximate surface area is 91.4 Å². The molecule has 1 fully saturated rings. The Morgan fingerprint density at radius 2 is 2.44 bits per heavy atom. The Balaban J connectivity index is 2.78. The molecule has 1 heterocycles. The van der Waals surface area contributed by atoms with Crippen LogP contribution in [0.25, 0.3) is 0 Å². The van der Waals surface area contributed by atoms with Crippen LogP contribution in [0.1, 0.15) is 6.92 Å². The largest absolute Gasteiger partial charge is 0.461 e. The summed E-state index contributed by atoms with van der Waals surface area (Å²) >= 11 is 0. The molecule has 1 aliphatic heterocycles. The Kier molecular flexibility index (Phi) is 3.81. The van der Waals surface area contributed by atoms with Gasteiger partial charge in [-0.1, -0.05) is 5.16 Å². The average molecular weight is 228 g/mol. The first-order valence-electron chi connectivity index (χ1n) is 4.65. The molecule has 0 aliphatic carbocycles. The number of hydrogen-bond donors (Lipinski definition) is 3. The number of amidine groups is 1. The molecule has 0 bridgehead atoms. The molecular weight excluding hydrogens is 216 g/mol. The number of hydrogen-bond acceptors (Lipinski definition) is 6. The van der Waals surface area contributed by atoms with Gasteiger partial charge in [-0.15, -0.1) is 0 Å². The third-order valence-corrected chi connectivity index (χ3v) is 1.92. The van der Waals surface area contributed by atoms with Gasteiger partial charge < -0.3 is 15.3 Å². The van der Waals surface area contributed by atoms with Crippen molar-refractivity contribution in [1.29, 1.82) is 5.41 Å². The fourth-order valence-corrected chi connectivity index (χ4v) is 1.20. The molecule has 3 N–H and O–H groups in total. The zero-order valence-corrected chi connectivity index (χ0v) is 8.69. The smallest absolute Gasteiger partial charge is 0.364 e. The minimum absolute atomic E-state index is 0.0946. The monoisotopic (exact) mass is 228 g/mol. The number of nitrogens with one attached hydrogen (secondary N) is 2. The van der Waals surface area contributed by atoms with Gasteiger partial charge >= 0.3 is 12.0 Å². The standard InChI is InChI=1S/C8H12N4O4/c1-2-16-7(13)5(11-15)6(9)12-4-3-10-8(12)14/h9,15H,2-4H2,1H3,(H,10,14)/b9-6?,11-5-. The molecule has 8 heteroatoms. The average Bonchev–Trinajstić information content (AvgIpc) is 2.65. The van der Waals surface area contributed by atoms with E-state index in [0.717, 1.165) is 4.90 Å². The topological polar surface area (TPSA) is 115 Å². The van der Waals surface area contributed by atoms with E-state index in [1.54, 1.807) is 6.92 Å². The van der Waals surface area contributed by atoms with Crippen molar-refractivity contribution in [1.82, 2.24) is 10.2 Å². The van der Waals surface area contributed by atoms with Gasteiger partial charge in [-0.05, 0) is 6.92 Å². The third-order valence-electron chi connectivity index (χ3n) is 1.92. The van der Waals surface area contributed by atoms with Crippen molar-refractivity contribution in [3.8, 4) is 0 Å². The number of nitrogens with zero attached hydrogens (tertiary/aromatic N) is 2. The molecule has 0 aromatic heterocycles. The van der Waals surface area contributed by atoms with E-state index < -0.39 is 23.5 Å². The van der Waals surface area contributed by atoms with Gasteiger partial charge in [0.1, 0.15) is 0 Å². The molecule has 2 amide bonds. The van der Waals surface area contributed by atoms with Crippen LogP contribution in [0.3, 0.4) is 0 Å². The highest BCUT2D eigenvalue weighted by atomic mass is 16.5. The molecule has 0 unspecified atom stereocenters. The molecule has 8 nitrogen and oxygen atoms in total. The van der Waals surface area contributed by atoms with Crippen LogP contribution < -0.4 is 5.32 Å². The predicted molar refractivity (Wildman–Crippen MR) is 53.7 cm³/mol. The second-order valence-electron chi connectivity index (χ2n) is 2.90. The van der Waals surface area contributed by atoms with Crippen molar-refractivity contribution in [3.63, 3.8) is 0 Å². The first-order chi connectivity index (χ1) is 7.61. The maximum Gasteiger partial charge on any atom is 0.364 e. The maximum atomic E-state index is 11.3. The summed E-state index contributed by atoms with van der Waals surface area (Å²) in [5.74, 6) is -1.41. The van der Waals surface area contributed by atoms with Crippen molar-refractivity contribution >= 4 is 23.5 Å². The SMILES string of the molecule is CCOC(=O)/C(=N\O)C(=N)N1CCNC1=O. The van der Waals surface area contributed by atoms with Crippen LogP contribution in [0.4, 0.5) is 4.79 Å². The number of esters is 1. The van der Waals surface area contributed by atoms with E-state index in [4.69, 9.17) is 10.6 Å². The molecule has 1 aliphatic rings. The lowest BCUT2D eigenvalue weighted by atomic mass is 10.3. The molecule has 1 saturated heterocycles. The van der Waals surface area contributed by atoms with Crippen molar-refractivity contribution < 1.29 is 19.5 Å². The minimum Gasteiger partial charge on any atom is -0.461 e. The Hall–Kier alpha value is -2.12. The molecule has 0 aromatic rings. The summed E-state index contributed by atoms with van der Waals surface area (Å²) in [6.07, 6.45) is 0. The molecule has 16 heavy (non-hydrogen) atoms. The number of urea groups is 1. The summed E-state index contributed by atoms with van der Waals surface area (Å²) in [6, 6.07) is -0.504. The summed E-state index contributed by atoms with van der Waals surface area (Å²) in [6.45, 7) is 2.30. The summed E-state index contributed by atoms with van der Waals surface area (Å²) in [7, 11) is 0. The zero-order valence-electron chi connectivity index (χ0n) is 8.69. The Morgan fingerprint density at radius 3 is 2.88 bits per heavy atom. The fraction of sp³-hybridized carbons (Fsp3) is 0.500. The minimum atomic E-state index is -0.935. The third kappa shape index (κ3) is 2.27. The number of carbonyl (C=O) groups excluding carboxylic acids is 2. The quantitative estimate of drug-likeness (QED) is 0.196. The van der Waals surface area contributed by atoms with Crippen LogP contribution >= 0.6 is 0 Å². The summed E-state index contributed by atoms with van der Waals surface area (Å²) in [5.41, 5.74) is -0.584. The fourth-order valence-electron chi connectivity index (χ4n) is 1.20. The maximum absolute atomic E-state index is 11.3. The van der Waals surface area contributed by atoms with E-state index in [1.165, 1.54) is 0 Å². The van der Waals surface area contributed by atoms with Crippen LogP contribution in [-0.4, -0.2) is 53.4 Å². The Bertz CT molecular complexity index is 352. The molecule has 0 radical (unpaired) electrons. The van der Waals surface area contributed by atoms with Gasteiger partial charge in [0.05, 0.1) is 6.61 Å². The second-order valence-corrected chi connectivity index (χ2v) is 2.90. The van der Waals surface area contributed by atoms with Gasteiger partial charge in [-0.3, -0.25) is 10.3 Å². The van der Waals surface area contributed by atoms with Gasteiger partial charge in [0.2, 0.25) is 5.71 Å². The van der Waals surface area contributed by atoms with Crippen LogP contribution in [0, 0.1) is 5.41 Å². The van der Waals surface area contributed by atoms with Crippen molar-refractivity contribution in [2.45, 2.75) is 6.92 Å². The van der Waals surface area contributed by atoms with E-state index >= 15 is 0 Å². The van der Waals surface area contributed by atoms with E-state index in [2.05, 4.69) is 15.2 Å². The molecule has 0 spiro atoms. The molecular formula is C8H12N4O4. The summed E-state index contributed by atoms with van der Waals surface area (Å²) in [5, 5.41) is 21.3. The highest BCUT2D eigenvalue weighted by Gasteiger charge is 2.31. The van der Waals surface area contributed by atoms with Gasteiger partial charge in [0.15, 0.2) is 5.84 Å².